The lowest BCUT2D eigenvalue weighted by Crippen LogP contribution is -2.50. The Hall–Kier alpha value is -5.56. The van der Waals surface area contributed by atoms with Gasteiger partial charge in [0, 0.05) is 48.1 Å². The molecule has 2 aromatic rings. The van der Waals surface area contributed by atoms with E-state index in [9.17, 15) is 29.1 Å². The Kier molecular flexibility index (Phi) is 17.4. The monoisotopic (exact) mass is 865 g/mol. The number of aromatic hydroxyl groups is 1. The van der Waals surface area contributed by atoms with Crippen LogP contribution in [0.15, 0.2) is 47.3 Å². The Morgan fingerprint density at radius 1 is 1.05 bits per heavy atom. The average Bonchev–Trinajstić information content (AvgIpc) is 3.57. The summed E-state index contributed by atoms with van der Waals surface area (Å²) in [7, 11) is 1.82. The Morgan fingerprint density at radius 3 is 2.44 bits per heavy atom. The van der Waals surface area contributed by atoms with Gasteiger partial charge in [0.2, 0.25) is 23.8 Å². The van der Waals surface area contributed by atoms with Crippen molar-refractivity contribution >= 4 is 46.8 Å². The molecule has 2 aliphatic rings. The van der Waals surface area contributed by atoms with E-state index < -0.39 is 60.3 Å². The summed E-state index contributed by atoms with van der Waals surface area (Å²) in [5, 5.41) is 22.2. The molecule has 1 aromatic heterocycles. The molecular formula is C44H63N7O11. The first-order valence-electron chi connectivity index (χ1n) is 20.8. The van der Waals surface area contributed by atoms with Gasteiger partial charge in [0.25, 0.3) is 0 Å². The zero-order valence-electron chi connectivity index (χ0n) is 37.2. The van der Waals surface area contributed by atoms with Crippen molar-refractivity contribution in [2.24, 2.45) is 5.73 Å². The largest absolute Gasteiger partial charge is 0.508 e. The fourth-order valence-electron chi connectivity index (χ4n) is 7.07. The third kappa shape index (κ3) is 13.0. The molecule has 4 rings (SSSR count). The molecule has 0 bridgehead atoms. The molecule has 340 valence electrons. The summed E-state index contributed by atoms with van der Waals surface area (Å²) < 4.78 is 28.6. The Bertz CT molecular complexity index is 2060. The van der Waals surface area contributed by atoms with E-state index in [2.05, 4.69) is 21.3 Å². The van der Waals surface area contributed by atoms with E-state index in [1.54, 1.807) is 38.3 Å². The van der Waals surface area contributed by atoms with Crippen LogP contribution in [0.25, 0.3) is 16.6 Å². The van der Waals surface area contributed by atoms with E-state index in [4.69, 9.17) is 34.4 Å². The van der Waals surface area contributed by atoms with E-state index in [0.29, 0.717) is 79.3 Å². The fourth-order valence-corrected chi connectivity index (χ4v) is 7.07. The standard InChI is InChI=1S/C44H63N7O11/c1-9-31-32-17-30(53)11-12-35(32)50-40-33(31)22-51(27-52)36(40)18-34-28(3)23-59-41(57)44(34,10-2)62-39(56)21-48-37(54)24-58-25-38(55)49-26-43(6,7)60-15-13-42(4,5)61-16-14-47-20-29(45)19-46-8/h11-12,17-18,20,27,46-47,53H,9-10,13-16,19,21-26,45H2,1-8H3,(H,48,54)(H,49,55)/b29-20-,36-18-. The van der Waals surface area contributed by atoms with Crippen LogP contribution in [0.1, 0.15) is 78.1 Å². The minimum atomic E-state index is -1.89. The molecule has 1 atom stereocenters. The maximum atomic E-state index is 13.5. The highest BCUT2D eigenvalue weighted by Gasteiger charge is 2.49. The first-order chi connectivity index (χ1) is 29.4. The van der Waals surface area contributed by atoms with Crippen LogP contribution in [0.5, 0.6) is 5.75 Å². The van der Waals surface area contributed by atoms with Gasteiger partial charge in [-0.1, -0.05) is 13.8 Å². The van der Waals surface area contributed by atoms with Crippen LogP contribution in [-0.2, 0) is 60.6 Å². The number of carbonyl (C=O) groups excluding carboxylic acids is 5. The number of benzene rings is 1. The number of nitrogens with zero attached hydrogens (tertiary/aromatic N) is 2. The zero-order valence-corrected chi connectivity index (χ0v) is 37.2. The number of nitrogens with one attached hydrogen (secondary N) is 4. The highest BCUT2D eigenvalue weighted by atomic mass is 16.6. The quantitative estimate of drug-likeness (QED) is 0.0504. The highest BCUT2D eigenvalue weighted by Crippen LogP contribution is 2.41. The van der Waals surface area contributed by atoms with Gasteiger partial charge in [-0.2, -0.15) is 0 Å². The van der Waals surface area contributed by atoms with Crippen LogP contribution in [-0.4, -0.2) is 128 Å². The number of aromatic nitrogens is 1. The van der Waals surface area contributed by atoms with Crippen molar-refractivity contribution in [1.82, 2.24) is 31.2 Å². The molecular weight excluding hydrogens is 803 g/mol. The molecule has 1 unspecified atom stereocenters. The summed E-state index contributed by atoms with van der Waals surface area (Å²) in [6.07, 6.45) is 5.27. The first kappa shape index (κ1) is 49.1. The summed E-state index contributed by atoms with van der Waals surface area (Å²) in [5.41, 5.74) is 7.71. The third-order valence-electron chi connectivity index (χ3n) is 10.5. The normalized spacial score (nSPS) is 17.5. The maximum Gasteiger partial charge on any atom is 0.355 e. The minimum absolute atomic E-state index is 0.0164. The number of esters is 2. The van der Waals surface area contributed by atoms with Crippen LogP contribution in [0.3, 0.4) is 0 Å². The number of phenolic OH excluding ortho intramolecular Hbond substituents is 1. The number of hydrogen-bond donors (Lipinski definition) is 6. The lowest BCUT2D eigenvalue weighted by molar-refractivity contribution is -0.179. The summed E-state index contributed by atoms with van der Waals surface area (Å²) in [4.78, 5) is 70.6. The van der Waals surface area contributed by atoms with Gasteiger partial charge in [0.05, 0.1) is 47.9 Å². The van der Waals surface area contributed by atoms with Gasteiger partial charge >= 0.3 is 11.9 Å². The predicted molar refractivity (Wildman–Crippen MR) is 231 cm³/mol. The topological polar surface area (TPSA) is 242 Å². The Morgan fingerprint density at radius 2 is 1.76 bits per heavy atom. The molecule has 62 heavy (non-hydrogen) atoms. The lowest BCUT2D eigenvalue weighted by atomic mass is 9.84. The fraction of sp³-hybridized carbons (Fsp3) is 0.545. The number of aryl methyl sites for hydroxylation is 1. The van der Waals surface area contributed by atoms with Crippen molar-refractivity contribution in [3.63, 3.8) is 0 Å². The SMILES string of the molecule is CCc1c2c(nc3ccc(O)cc13)/C(=C/C1=C(C)COC(=O)C1(CC)OC(=O)CNC(=O)COCC(=O)NCC(C)(C)OCCC(C)(C)OCCN/C=C(\N)CNC)N(C=O)C2. The highest BCUT2D eigenvalue weighted by molar-refractivity contribution is 5.94. The Balaban J connectivity index is 1.27. The zero-order chi connectivity index (χ0) is 45.7. The van der Waals surface area contributed by atoms with Crippen LogP contribution in [0, 0.1) is 0 Å². The number of nitrogens with two attached hydrogens (primary N) is 1. The first-order valence-corrected chi connectivity index (χ1v) is 20.8. The number of likely N-dealkylation sites (N-methyl/N-ethyl adjacent to an activating group) is 1. The van der Waals surface area contributed by atoms with Crippen LogP contribution in [0.2, 0.25) is 0 Å². The van der Waals surface area contributed by atoms with Crippen molar-refractivity contribution in [3.05, 3.63) is 64.1 Å². The molecule has 0 saturated heterocycles. The Labute approximate surface area is 362 Å². The van der Waals surface area contributed by atoms with E-state index in [1.165, 1.54) is 11.0 Å². The van der Waals surface area contributed by atoms with Crippen molar-refractivity contribution in [2.75, 3.05) is 66.3 Å². The third-order valence-corrected chi connectivity index (χ3v) is 10.5. The lowest BCUT2D eigenvalue weighted by Gasteiger charge is -2.36. The van der Waals surface area contributed by atoms with Gasteiger partial charge in [0.15, 0.2) is 0 Å². The molecule has 0 saturated carbocycles. The molecule has 3 heterocycles. The molecule has 3 amide bonds. The van der Waals surface area contributed by atoms with Crippen molar-refractivity contribution in [2.45, 2.75) is 91.1 Å². The van der Waals surface area contributed by atoms with Crippen LogP contribution >= 0.6 is 0 Å². The van der Waals surface area contributed by atoms with E-state index in [1.807, 2.05) is 41.7 Å². The van der Waals surface area contributed by atoms with Crippen LogP contribution < -0.4 is 27.0 Å². The van der Waals surface area contributed by atoms with Crippen molar-refractivity contribution in [3.8, 4) is 5.75 Å². The maximum absolute atomic E-state index is 13.5. The van der Waals surface area contributed by atoms with Crippen molar-refractivity contribution < 1.29 is 52.8 Å². The summed E-state index contributed by atoms with van der Waals surface area (Å²) in [6, 6.07) is 4.88. The molecule has 2 aliphatic heterocycles. The predicted octanol–water partition coefficient (Wildman–Crippen LogP) is 2.22. The summed E-state index contributed by atoms with van der Waals surface area (Å²) in [5.74, 6) is -2.79. The average molecular weight is 866 g/mol. The van der Waals surface area contributed by atoms with E-state index >= 15 is 0 Å². The number of pyridine rings is 1. The van der Waals surface area contributed by atoms with E-state index in [-0.39, 0.29) is 31.9 Å². The summed E-state index contributed by atoms with van der Waals surface area (Å²) >= 11 is 0. The number of amides is 3. The molecule has 0 spiro atoms. The number of fused-ring (bicyclic) bond motifs is 2. The minimum Gasteiger partial charge on any atom is -0.508 e. The number of rotatable bonds is 24. The second kappa shape index (κ2) is 22.0. The number of phenols is 1. The number of ether oxygens (including phenoxy) is 5. The van der Waals surface area contributed by atoms with Gasteiger partial charge in [-0.25, -0.2) is 9.78 Å². The second-order valence-corrected chi connectivity index (χ2v) is 16.4. The molecule has 7 N–H and O–H groups in total. The molecule has 18 heteroatoms. The number of carbonyl (C=O) groups is 5. The molecule has 0 aliphatic carbocycles. The molecule has 18 nitrogen and oxygen atoms in total. The number of hydrogen-bond acceptors (Lipinski definition) is 15. The second-order valence-electron chi connectivity index (χ2n) is 16.4. The van der Waals surface area contributed by atoms with Gasteiger partial charge in [-0.05, 0) is 96.3 Å². The van der Waals surface area contributed by atoms with Gasteiger partial charge in [-0.15, -0.1) is 0 Å². The van der Waals surface area contributed by atoms with Gasteiger partial charge in [0.1, 0.15) is 32.1 Å². The molecule has 0 radical (unpaired) electrons. The van der Waals surface area contributed by atoms with Crippen molar-refractivity contribution in [1.29, 1.82) is 0 Å². The summed E-state index contributed by atoms with van der Waals surface area (Å²) in [6.45, 7) is 13.9. The van der Waals surface area contributed by atoms with E-state index in [0.717, 1.165) is 16.5 Å². The molecule has 0 fully saturated rings. The van der Waals surface area contributed by atoms with Gasteiger partial charge < -0.3 is 60.7 Å². The number of cyclic esters (lactones) is 1. The smallest absolute Gasteiger partial charge is 0.355 e. The van der Waals surface area contributed by atoms with Crippen LogP contribution in [0.4, 0.5) is 0 Å². The molecule has 1 aromatic carbocycles. The van der Waals surface area contributed by atoms with Gasteiger partial charge in [-0.3, -0.25) is 19.2 Å².